The molecule has 4 nitrogen and oxygen atoms in total. The molecule has 0 aliphatic heterocycles. The molecule has 1 aliphatic rings. The molecule has 2 amide bonds. The SMILES string of the molecule is CCC(Sc1cccc(NC(=O)C2CCCCC2)c1)C(=O)Nc1c(C)cccc1C. The number of benzene rings is 2. The minimum Gasteiger partial charge on any atom is -0.326 e. The molecule has 0 spiro atoms. The van der Waals surface area contributed by atoms with E-state index >= 15 is 0 Å². The molecule has 1 fully saturated rings. The summed E-state index contributed by atoms with van der Waals surface area (Å²) in [7, 11) is 0. The zero-order valence-corrected chi connectivity index (χ0v) is 19.0. The summed E-state index contributed by atoms with van der Waals surface area (Å²) >= 11 is 1.54. The first-order chi connectivity index (χ1) is 14.5. The van der Waals surface area contributed by atoms with Crippen molar-refractivity contribution in [2.24, 2.45) is 5.92 Å². The highest BCUT2D eigenvalue weighted by molar-refractivity contribution is 8.00. The van der Waals surface area contributed by atoms with E-state index in [4.69, 9.17) is 0 Å². The highest BCUT2D eigenvalue weighted by atomic mass is 32.2. The standard InChI is InChI=1S/C25H32N2O2S/c1-4-22(25(29)27-23-17(2)10-8-11-18(23)3)30-21-15-9-14-20(16-21)26-24(28)19-12-6-5-7-13-19/h8-11,14-16,19,22H,4-7,12-13H2,1-3H3,(H,26,28)(H,27,29). The first-order valence-electron chi connectivity index (χ1n) is 10.9. The summed E-state index contributed by atoms with van der Waals surface area (Å²) in [6, 6.07) is 13.8. The molecule has 2 N–H and O–H groups in total. The zero-order chi connectivity index (χ0) is 21.5. The second-order valence-electron chi connectivity index (χ2n) is 8.12. The third kappa shape index (κ3) is 5.88. The molecule has 1 atom stereocenters. The molecule has 1 aliphatic carbocycles. The maximum absolute atomic E-state index is 12.9. The van der Waals surface area contributed by atoms with E-state index < -0.39 is 0 Å². The number of thioether (sulfide) groups is 1. The van der Waals surface area contributed by atoms with Crippen molar-refractivity contribution in [1.82, 2.24) is 0 Å². The van der Waals surface area contributed by atoms with Crippen LogP contribution < -0.4 is 10.6 Å². The highest BCUT2D eigenvalue weighted by Crippen LogP contribution is 2.30. The van der Waals surface area contributed by atoms with Crippen LogP contribution in [0, 0.1) is 19.8 Å². The van der Waals surface area contributed by atoms with Crippen molar-refractivity contribution in [3.63, 3.8) is 0 Å². The molecule has 0 aromatic heterocycles. The molecule has 0 radical (unpaired) electrons. The van der Waals surface area contributed by atoms with Crippen LogP contribution in [0.2, 0.25) is 0 Å². The Morgan fingerprint density at radius 3 is 2.33 bits per heavy atom. The van der Waals surface area contributed by atoms with Crippen LogP contribution in [0.3, 0.4) is 0 Å². The van der Waals surface area contributed by atoms with Gasteiger partial charge in [-0.05, 0) is 62.4 Å². The van der Waals surface area contributed by atoms with E-state index in [-0.39, 0.29) is 23.0 Å². The Hall–Kier alpha value is -2.27. The molecule has 5 heteroatoms. The van der Waals surface area contributed by atoms with Crippen molar-refractivity contribution in [2.45, 2.75) is 69.4 Å². The average Bonchev–Trinajstić information content (AvgIpc) is 2.75. The number of amides is 2. The maximum atomic E-state index is 12.9. The van der Waals surface area contributed by atoms with E-state index in [9.17, 15) is 9.59 Å². The van der Waals surface area contributed by atoms with Crippen LogP contribution in [0.15, 0.2) is 47.4 Å². The van der Waals surface area contributed by atoms with Gasteiger partial charge in [0.15, 0.2) is 0 Å². The molecule has 1 unspecified atom stereocenters. The number of carbonyl (C=O) groups is 2. The molecule has 0 bridgehead atoms. The third-order valence-corrected chi connectivity index (χ3v) is 7.11. The zero-order valence-electron chi connectivity index (χ0n) is 18.2. The molecule has 0 heterocycles. The molecular weight excluding hydrogens is 392 g/mol. The number of hydrogen-bond acceptors (Lipinski definition) is 3. The Balaban J connectivity index is 1.64. The van der Waals surface area contributed by atoms with Crippen molar-refractivity contribution >= 4 is 35.0 Å². The van der Waals surface area contributed by atoms with E-state index in [0.29, 0.717) is 0 Å². The minimum absolute atomic E-state index is 0.0107. The number of para-hydroxylation sites is 1. The van der Waals surface area contributed by atoms with Crippen LogP contribution in [0.5, 0.6) is 0 Å². The fourth-order valence-electron chi connectivity index (χ4n) is 3.96. The van der Waals surface area contributed by atoms with E-state index in [1.165, 1.54) is 6.42 Å². The van der Waals surface area contributed by atoms with Crippen molar-refractivity contribution in [2.75, 3.05) is 10.6 Å². The molecule has 30 heavy (non-hydrogen) atoms. The summed E-state index contributed by atoms with van der Waals surface area (Å²) in [5.74, 6) is 0.259. The lowest BCUT2D eigenvalue weighted by Crippen LogP contribution is -2.25. The van der Waals surface area contributed by atoms with Crippen LogP contribution >= 0.6 is 11.8 Å². The summed E-state index contributed by atoms with van der Waals surface area (Å²) in [5, 5.41) is 5.98. The topological polar surface area (TPSA) is 58.2 Å². The first kappa shape index (κ1) is 22.4. The van der Waals surface area contributed by atoms with Gasteiger partial charge in [0, 0.05) is 22.2 Å². The summed E-state index contributed by atoms with van der Waals surface area (Å²) in [5.41, 5.74) is 3.84. The lowest BCUT2D eigenvalue weighted by Gasteiger charge is -2.21. The third-order valence-electron chi connectivity index (χ3n) is 5.75. The van der Waals surface area contributed by atoms with E-state index in [0.717, 1.165) is 59.5 Å². The van der Waals surface area contributed by atoms with Crippen LogP contribution in [0.4, 0.5) is 11.4 Å². The second kappa shape index (κ2) is 10.7. The van der Waals surface area contributed by atoms with Gasteiger partial charge >= 0.3 is 0 Å². The summed E-state index contributed by atoms with van der Waals surface area (Å²) in [6.45, 7) is 6.04. The Bertz CT molecular complexity index is 870. The fourth-order valence-corrected chi connectivity index (χ4v) is 4.97. The average molecular weight is 425 g/mol. The normalized spacial score (nSPS) is 15.4. The van der Waals surface area contributed by atoms with Crippen molar-refractivity contribution in [3.05, 3.63) is 53.6 Å². The Morgan fingerprint density at radius 2 is 1.67 bits per heavy atom. The number of nitrogens with one attached hydrogen (secondary N) is 2. The summed E-state index contributed by atoms with van der Waals surface area (Å²) in [4.78, 5) is 26.5. The maximum Gasteiger partial charge on any atom is 0.237 e. The number of hydrogen-bond donors (Lipinski definition) is 2. The predicted octanol–water partition coefficient (Wildman–Crippen LogP) is 6.33. The second-order valence-corrected chi connectivity index (χ2v) is 9.40. The lowest BCUT2D eigenvalue weighted by atomic mass is 9.88. The fraction of sp³-hybridized carbons (Fsp3) is 0.440. The first-order valence-corrected chi connectivity index (χ1v) is 11.8. The van der Waals surface area contributed by atoms with Gasteiger partial charge in [-0.25, -0.2) is 0 Å². The molecule has 0 saturated heterocycles. The van der Waals surface area contributed by atoms with E-state index in [1.807, 2.05) is 63.2 Å². The van der Waals surface area contributed by atoms with Gasteiger partial charge < -0.3 is 10.6 Å². The lowest BCUT2D eigenvalue weighted by molar-refractivity contribution is -0.120. The van der Waals surface area contributed by atoms with Gasteiger partial charge in [-0.3, -0.25) is 9.59 Å². The number of carbonyl (C=O) groups excluding carboxylic acids is 2. The van der Waals surface area contributed by atoms with E-state index in [1.54, 1.807) is 11.8 Å². The molecule has 3 rings (SSSR count). The highest BCUT2D eigenvalue weighted by Gasteiger charge is 2.22. The number of anilines is 2. The molecule has 1 saturated carbocycles. The van der Waals surface area contributed by atoms with Gasteiger partial charge in [0.25, 0.3) is 0 Å². The van der Waals surface area contributed by atoms with Gasteiger partial charge in [0.1, 0.15) is 0 Å². The molecular formula is C25H32N2O2S. The molecule has 2 aromatic rings. The van der Waals surface area contributed by atoms with Crippen molar-refractivity contribution in [1.29, 1.82) is 0 Å². The Morgan fingerprint density at radius 1 is 1.00 bits per heavy atom. The van der Waals surface area contributed by atoms with Crippen LogP contribution in [0.1, 0.15) is 56.6 Å². The van der Waals surface area contributed by atoms with Gasteiger partial charge in [0.05, 0.1) is 5.25 Å². The molecule has 2 aromatic carbocycles. The number of aryl methyl sites for hydroxylation is 2. The Labute approximate surface area is 184 Å². The summed E-state index contributed by atoms with van der Waals surface area (Å²) < 4.78 is 0. The minimum atomic E-state index is -0.201. The van der Waals surface area contributed by atoms with Crippen LogP contribution in [-0.4, -0.2) is 17.1 Å². The monoisotopic (exact) mass is 424 g/mol. The Kier molecular flexibility index (Phi) is 7.97. The van der Waals surface area contributed by atoms with Gasteiger partial charge in [0.2, 0.25) is 11.8 Å². The van der Waals surface area contributed by atoms with Gasteiger partial charge in [-0.1, -0.05) is 50.5 Å². The van der Waals surface area contributed by atoms with Crippen LogP contribution in [-0.2, 0) is 9.59 Å². The van der Waals surface area contributed by atoms with Gasteiger partial charge in [-0.2, -0.15) is 0 Å². The van der Waals surface area contributed by atoms with Crippen LogP contribution in [0.25, 0.3) is 0 Å². The quantitative estimate of drug-likeness (QED) is 0.511. The summed E-state index contributed by atoms with van der Waals surface area (Å²) in [6.07, 6.45) is 6.20. The predicted molar refractivity (Wildman–Crippen MR) is 126 cm³/mol. The molecule has 160 valence electrons. The number of rotatable bonds is 7. The van der Waals surface area contributed by atoms with Crippen molar-refractivity contribution in [3.8, 4) is 0 Å². The van der Waals surface area contributed by atoms with Crippen molar-refractivity contribution < 1.29 is 9.59 Å². The van der Waals surface area contributed by atoms with E-state index in [2.05, 4.69) is 10.6 Å². The van der Waals surface area contributed by atoms with Gasteiger partial charge in [-0.15, -0.1) is 11.8 Å². The smallest absolute Gasteiger partial charge is 0.237 e. The largest absolute Gasteiger partial charge is 0.326 e.